The first kappa shape index (κ1) is 14.5. The second-order valence-corrected chi connectivity index (χ2v) is 6.37. The summed E-state index contributed by atoms with van der Waals surface area (Å²) in [5.74, 6) is 1.80. The molecule has 0 atom stereocenters. The molecule has 0 spiro atoms. The van der Waals surface area contributed by atoms with Crippen LogP contribution < -0.4 is 4.90 Å². The predicted molar refractivity (Wildman–Crippen MR) is 84.9 cm³/mol. The van der Waals surface area contributed by atoms with E-state index in [0.717, 1.165) is 30.4 Å². The van der Waals surface area contributed by atoms with E-state index >= 15 is 0 Å². The molecule has 3 rings (SSSR count). The zero-order chi connectivity index (χ0) is 14.7. The molecule has 0 aliphatic carbocycles. The van der Waals surface area contributed by atoms with Gasteiger partial charge in [0.25, 0.3) is 0 Å². The number of carbonyl (C=O) groups excluding carboxylic acids is 1. The van der Waals surface area contributed by atoms with Crippen LogP contribution in [0.4, 0.5) is 5.82 Å². The lowest BCUT2D eigenvalue weighted by atomic mass is 9.96. The first-order chi connectivity index (χ1) is 10.2. The van der Waals surface area contributed by atoms with Crippen LogP contribution in [-0.4, -0.2) is 48.4 Å². The molecule has 2 aliphatic heterocycles. The molecular weight excluding hydrogens is 262 g/mol. The zero-order valence-corrected chi connectivity index (χ0v) is 12.9. The van der Waals surface area contributed by atoms with Crippen LogP contribution in [0.3, 0.4) is 0 Å². The summed E-state index contributed by atoms with van der Waals surface area (Å²) in [5.41, 5.74) is 0.760. The number of ketones is 1. The van der Waals surface area contributed by atoms with Gasteiger partial charge in [0.1, 0.15) is 5.82 Å². The second kappa shape index (κ2) is 6.56. The monoisotopic (exact) mass is 287 g/mol. The third-order valence-electron chi connectivity index (χ3n) is 4.80. The number of pyridine rings is 1. The summed E-state index contributed by atoms with van der Waals surface area (Å²) in [6, 6.07) is 3.74. The lowest BCUT2D eigenvalue weighted by Gasteiger charge is -2.35. The Morgan fingerprint density at radius 3 is 2.62 bits per heavy atom. The number of likely N-dealkylation sites (tertiary alicyclic amines) is 1. The number of anilines is 1. The highest BCUT2D eigenvalue weighted by Crippen LogP contribution is 2.26. The Morgan fingerprint density at radius 1 is 1.24 bits per heavy atom. The highest BCUT2D eigenvalue weighted by molar-refractivity contribution is 5.98. The highest BCUT2D eigenvalue weighted by Gasteiger charge is 2.25. The van der Waals surface area contributed by atoms with Crippen molar-refractivity contribution in [3.8, 4) is 0 Å². The highest BCUT2D eigenvalue weighted by atomic mass is 16.1. The Hall–Kier alpha value is -1.42. The van der Waals surface area contributed by atoms with Gasteiger partial charge in [-0.2, -0.15) is 0 Å². The molecule has 0 radical (unpaired) electrons. The molecule has 1 aromatic rings. The number of rotatable bonds is 4. The largest absolute Gasteiger partial charge is 0.356 e. The number of hydrogen-bond acceptors (Lipinski definition) is 4. The number of Topliss-reactive ketones (excluding diaryl/α,β-unsaturated/α-hetero) is 1. The Morgan fingerprint density at radius 2 is 1.95 bits per heavy atom. The third-order valence-corrected chi connectivity index (χ3v) is 4.80. The minimum absolute atomic E-state index is 0.109. The molecule has 0 aromatic carbocycles. The van der Waals surface area contributed by atoms with Crippen molar-refractivity contribution in [2.24, 2.45) is 5.92 Å². The molecule has 0 N–H and O–H groups in total. The summed E-state index contributed by atoms with van der Waals surface area (Å²) in [4.78, 5) is 21.1. The van der Waals surface area contributed by atoms with E-state index in [9.17, 15) is 4.79 Å². The molecular formula is C17H25N3O. The molecule has 2 saturated heterocycles. The van der Waals surface area contributed by atoms with E-state index in [1.165, 1.54) is 45.3 Å². The fourth-order valence-electron chi connectivity index (χ4n) is 3.58. The minimum Gasteiger partial charge on any atom is -0.356 e. The number of piperidine rings is 1. The fraction of sp³-hybridized carbons (Fsp3) is 0.647. The van der Waals surface area contributed by atoms with Gasteiger partial charge in [0, 0.05) is 25.8 Å². The molecule has 2 fully saturated rings. The van der Waals surface area contributed by atoms with E-state index in [1.807, 2.05) is 12.1 Å². The topological polar surface area (TPSA) is 36.4 Å². The van der Waals surface area contributed by atoms with E-state index in [-0.39, 0.29) is 5.78 Å². The normalized spacial score (nSPS) is 20.9. The standard InChI is InChI=1S/C17H25N3O/c1-14(21)16-5-4-8-18-17(16)20-11-6-15(7-12-20)13-19-9-2-3-10-19/h4-5,8,15H,2-3,6-7,9-13H2,1H3. The molecule has 1 aromatic heterocycles. The van der Waals surface area contributed by atoms with Gasteiger partial charge in [-0.25, -0.2) is 4.98 Å². The van der Waals surface area contributed by atoms with Gasteiger partial charge in [0.05, 0.1) is 5.56 Å². The maximum atomic E-state index is 11.7. The van der Waals surface area contributed by atoms with Crippen LogP contribution in [-0.2, 0) is 0 Å². The summed E-state index contributed by atoms with van der Waals surface area (Å²) in [6.45, 7) is 7.51. The minimum atomic E-state index is 0.109. The van der Waals surface area contributed by atoms with Crippen LogP contribution in [0, 0.1) is 5.92 Å². The van der Waals surface area contributed by atoms with Crippen LogP contribution in [0.1, 0.15) is 43.0 Å². The van der Waals surface area contributed by atoms with Crippen molar-refractivity contribution in [3.05, 3.63) is 23.9 Å². The maximum Gasteiger partial charge on any atom is 0.163 e. The quantitative estimate of drug-likeness (QED) is 0.798. The summed E-state index contributed by atoms with van der Waals surface area (Å²) >= 11 is 0. The fourth-order valence-corrected chi connectivity index (χ4v) is 3.58. The number of aromatic nitrogens is 1. The van der Waals surface area contributed by atoms with Gasteiger partial charge in [0.15, 0.2) is 5.78 Å². The van der Waals surface area contributed by atoms with Crippen LogP contribution in [0.25, 0.3) is 0 Å². The van der Waals surface area contributed by atoms with Gasteiger partial charge in [-0.1, -0.05) is 0 Å². The van der Waals surface area contributed by atoms with Crippen LogP contribution in [0.2, 0.25) is 0 Å². The van der Waals surface area contributed by atoms with E-state index < -0.39 is 0 Å². The Balaban J connectivity index is 1.59. The van der Waals surface area contributed by atoms with Crippen molar-refractivity contribution in [1.82, 2.24) is 9.88 Å². The Labute approximate surface area is 127 Å². The van der Waals surface area contributed by atoms with E-state index in [4.69, 9.17) is 0 Å². The molecule has 114 valence electrons. The molecule has 0 amide bonds. The lowest BCUT2D eigenvalue weighted by molar-refractivity contribution is 0.101. The average Bonchev–Trinajstić information content (AvgIpc) is 3.01. The maximum absolute atomic E-state index is 11.7. The van der Waals surface area contributed by atoms with Gasteiger partial charge >= 0.3 is 0 Å². The zero-order valence-electron chi connectivity index (χ0n) is 12.9. The van der Waals surface area contributed by atoms with Crippen molar-refractivity contribution in [1.29, 1.82) is 0 Å². The van der Waals surface area contributed by atoms with Crippen molar-refractivity contribution < 1.29 is 4.79 Å². The van der Waals surface area contributed by atoms with Gasteiger partial charge in [0.2, 0.25) is 0 Å². The summed E-state index contributed by atoms with van der Waals surface area (Å²) in [5, 5.41) is 0. The molecule has 4 nitrogen and oxygen atoms in total. The van der Waals surface area contributed by atoms with Crippen molar-refractivity contribution in [3.63, 3.8) is 0 Å². The van der Waals surface area contributed by atoms with Crippen molar-refractivity contribution in [2.45, 2.75) is 32.6 Å². The number of hydrogen-bond donors (Lipinski definition) is 0. The molecule has 0 bridgehead atoms. The molecule has 21 heavy (non-hydrogen) atoms. The number of carbonyl (C=O) groups is 1. The summed E-state index contributed by atoms with van der Waals surface area (Å²) in [7, 11) is 0. The third kappa shape index (κ3) is 3.43. The van der Waals surface area contributed by atoms with Gasteiger partial charge in [-0.3, -0.25) is 4.79 Å². The van der Waals surface area contributed by atoms with Crippen LogP contribution in [0.15, 0.2) is 18.3 Å². The predicted octanol–water partition coefficient (Wildman–Crippen LogP) is 2.60. The summed E-state index contributed by atoms with van der Waals surface area (Å²) < 4.78 is 0. The molecule has 3 heterocycles. The smallest absolute Gasteiger partial charge is 0.163 e. The number of nitrogens with zero attached hydrogens (tertiary/aromatic N) is 3. The van der Waals surface area contributed by atoms with Crippen LogP contribution in [0.5, 0.6) is 0 Å². The Kier molecular flexibility index (Phi) is 4.54. The van der Waals surface area contributed by atoms with Gasteiger partial charge < -0.3 is 9.80 Å². The lowest BCUT2D eigenvalue weighted by Crippen LogP contribution is -2.39. The SMILES string of the molecule is CC(=O)c1cccnc1N1CCC(CN2CCCC2)CC1. The van der Waals surface area contributed by atoms with Gasteiger partial charge in [-0.05, 0) is 63.7 Å². The van der Waals surface area contributed by atoms with Gasteiger partial charge in [-0.15, -0.1) is 0 Å². The van der Waals surface area contributed by atoms with E-state index in [2.05, 4.69) is 14.8 Å². The van der Waals surface area contributed by atoms with Crippen molar-refractivity contribution in [2.75, 3.05) is 37.6 Å². The van der Waals surface area contributed by atoms with E-state index in [0.29, 0.717) is 0 Å². The molecule has 2 aliphatic rings. The molecule has 0 saturated carbocycles. The summed E-state index contributed by atoms with van der Waals surface area (Å²) in [6.07, 6.45) is 6.95. The van der Waals surface area contributed by atoms with E-state index in [1.54, 1.807) is 13.1 Å². The first-order valence-electron chi connectivity index (χ1n) is 8.17. The molecule has 4 heteroatoms. The van der Waals surface area contributed by atoms with Crippen molar-refractivity contribution >= 4 is 11.6 Å². The first-order valence-corrected chi connectivity index (χ1v) is 8.17. The second-order valence-electron chi connectivity index (χ2n) is 6.37. The Bertz CT molecular complexity index is 489. The average molecular weight is 287 g/mol. The van der Waals surface area contributed by atoms with Crippen LogP contribution >= 0.6 is 0 Å². The molecule has 0 unspecified atom stereocenters.